The van der Waals surface area contributed by atoms with Crippen molar-refractivity contribution in [3.8, 4) is 0 Å². The third-order valence-corrected chi connectivity index (χ3v) is 5.34. The quantitative estimate of drug-likeness (QED) is 0.440. The Hall–Kier alpha value is -0.340. The van der Waals surface area contributed by atoms with E-state index in [-0.39, 0.29) is 0 Å². The molecule has 0 aromatic rings. The summed E-state index contributed by atoms with van der Waals surface area (Å²) in [5, 5.41) is 19.8. The molecule has 0 amide bonds. The fourth-order valence-electron chi connectivity index (χ4n) is 4.97. The lowest BCUT2D eigenvalue weighted by Crippen LogP contribution is -2.43. The Balaban J connectivity index is 1.78. The summed E-state index contributed by atoms with van der Waals surface area (Å²) in [5.74, 6) is 3.66. The second kappa shape index (κ2) is 2.25. The van der Waals surface area contributed by atoms with Crippen molar-refractivity contribution in [3.63, 3.8) is 0 Å². The van der Waals surface area contributed by atoms with E-state index < -0.39 is 12.2 Å². The first-order valence-electron chi connectivity index (χ1n) is 5.82. The van der Waals surface area contributed by atoms with E-state index in [9.17, 15) is 10.2 Å². The lowest BCUT2D eigenvalue weighted by atomic mass is 9.71. The van der Waals surface area contributed by atoms with Crippen LogP contribution in [0.25, 0.3) is 0 Å². The van der Waals surface area contributed by atoms with Gasteiger partial charge in [0, 0.05) is 0 Å². The van der Waals surface area contributed by atoms with Crippen molar-refractivity contribution in [3.05, 3.63) is 12.2 Å². The Morgan fingerprint density at radius 3 is 1.79 bits per heavy atom. The predicted octanol–water partition coefficient (Wildman–Crippen LogP) is 0.796. The standard InChI is InChI=1S/C12H16O2/c13-11-7-4-8(12(11)14)10-6-2-1-5(3-6)9(7)10/h1-2,5-14H,3-4H2. The molecule has 14 heavy (non-hydrogen) atoms. The van der Waals surface area contributed by atoms with Crippen LogP contribution in [0.15, 0.2) is 12.2 Å². The maximum atomic E-state index is 9.89. The van der Waals surface area contributed by atoms with Gasteiger partial charge in [-0.15, -0.1) is 0 Å². The van der Waals surface area contributed by atoms with Crippen LogP contribution in [0.5, 0.6) is 0 Å². The largest absolute Gasteiger partial charge is 0.390 e. The zero-order valence-corrected chi connectivity index (χ0v) is 8.08. The van der Waals surface area contributed by atoms with Gasteiger partial charge in [-0.3, -0.25) is 0 Å². The molecule has 8 unspecified atom stereocenters. The van der Waals surface area contributed by atoms with Crippen molar-refractivity contribution >= 4 is 0 Å². The molecular formula is C12H16O2. The van der Waals surface area contributed by atoms with E-state index in [0.717, 1.165) is 18.3 Å². The first-order valence-corrected chi connectivity index (χ1v) is 5.82. The third-order valence-electron chi connectivity index (χ3n) is 5.34. The molecule has 3 saturated carbocycles. The van der Waals surface area contributed by atoms with Crippen molar-refractivity contribution < 1.29 is 10.2 Å². The molecule has 4 aliphatic rings. The van der Waals surface area contributed by atoms with Crippen LogP contribution in [0.1, 0.15) is 12.8 Å². The van der Waals surface area contributed by atoms with Crippen LogP contribution in [0.3, 0.4) is 0 Å². The number of allylic oxidation sites excluding steroid dienone is 2. The molecule has 76 valence electrons. The Morgan fingerprint density at radius 2 is 1.29 bits per heavy atom. The van der Waals surface area contributed by atoms with Gasteiger partial charge < -0.3 is 10.2 Å². The van der Waals surface area contributed by atoms with Crippen molar-refractivity contribution in [2.24, 2.45) is 35.5 Å². The highest BCUT2D eigenvalue weighted by molar-refractivity contribution is 5.22. The van der Waals surface area contributed by atoms with Crippen LogP contribution in [-0.2, 0) is 0 Å². The summed E-state index contributed by atoms with van der Waals surface area (Å²) in [6.07, 6.45) is 6.23. The molecule has 3 fully saturated rings. The monoisotopic (exact) mass is 192 g/mol. The Kier molecular flexibility index (Phi) is 1.27. The number of hydrogen-bond donors (Lipinski definition) is 2. The van der Waals surface area contributed by atoms with Crippen LogP contribution in [0.4, 0.5) is 0 Å². The van der Waals surface area contributed by atoms with E-state index >= 15 is 0 Å². The second-order valence-corrected chi connectivity index (χ2v) is 5.65. The normalized spacial score (nSPS) is 67.9. The number of rotatable bonds is 0. The van der Waals surface area contributed by atoms with Gasteiger partial charge in [0.2, 0.25) is 0 Å². The molecular weight excluding hydrogens is 176 g/mol. The van der Waals surface area contributed by atoms with Crippen molar-refractivity contribution in [2.75, 3.05) is 0 Å². The molecule has 8 atom stereocenters. The van der Waals surface area contributed by atoms with Gasteiger partial charge in [0.1, 0.15) is 0 Å². The summed E-state index contributed by atoms with van der Waals surface area (Å²) < 4.78 is 0. The summed E-state index contributed by atoms with van der Waals surface area (Å²) in [7, 11) is 0. The van der Waals surface area contributed by atoms with E-state index in [1.807, 2.05) is 0 Å². The molecule has 2 nitrogen and oxygen atoms in total. The minimum atomic E-state index is -0.422. The summed E-state index contributed by atoms with van der Waals surface area (Å²) in [5.41, 5.74) is 0. The number of hydrogen-bond acceptors (Lipinski definition) is 2. The zero-order chi connectivity index (χ0) is 9.45. The number of fused-ring (bicyclic) bond motifs is 9. The Morgan fingerprint density at radius 1 is 0.786 bits per heavy atom. The molecule has 4 bridgehead atoms. The van der Waals surface area contributed by atoms with Gasteiger partial charge in [0.25, 0.3) is 0 Å². The molecule has 2 heteroatoms. The van der Waals surface area contributed by atoms with Crippen molar-refractivity contribution in [1.82, 2.24) is 0 Å². The van der Waals surface area contributed by atoms with E-state index in [2.05, 4.69) is 12.2 Å². The highest BCUT2D eigenvalue weighted by atomic mass is 16.3. The lowest BCUT2D eigenvalue weighted by molar-refractivity contribution is -0.0587. The third kappa shape index (κ3) is 0.664. The van der Waals surface area contributed by atoms with Gasteiger partial charge >= 0.3 is 0 Å². The molecule has 2 N–H and O–H groups in total. The van der Waals surface area contributed by atoms with Gasteiger partial charge in [-0.1, -0.05) is 12.2 Å². The molecule has 0 aromatic carbocycles. The van der Waals surface area contributed by atoms with Gasteiger partial charge in [0.05, 0.1) is 12.2 Å². The van der Waals surface area contributed by atoms with Gasteiger partial charge in [0.15, 0.2) is 0 Å². The smallest absolute Gasteiger partial charge is 0.0833 e. The first-order chi connectivity index (χ1) is 6.77. The van der Waals surface area contributed by atoms with Gasteiger partial charge in [-0.2, -0.15) is 0 Å². The minimum Gasteiger partial charge on any atom is -0.390 e. The van der Waals surface area contributed by atoms with E-state index in [1.165, 1.54) is 6.42 Å². The van der Waals surface area contributed by atoms with Crippen molar-refractivity contribution in [2.45, 2.75) is 25.0 Å². The lowest BCUT2D eigenvalue weighted by Gasteiger charge is -2.37. The first kappa shape index (κ1) is 7.89. The molecule has 0 aliphatic heterocycles. The maximum absolute atomic E-state index is 9.89. The summed E-state index contributed by atoms with van der Waals surface area (Å²) in [6, 6.07) is 0. The fraction of sp³-hybridized carbons (Fsp3) is 0.833. The topological polar surface area (TPSA) is 40.5 Å². The zero-order valence-electron chi connectivity index (χ0n) is 8.08. The van der Waals surface area contributed by atoms with Crippen LogP contribution in [-0.4, -0.2) is 22.4 Å². The summed E-state index contributed by atoms with van der Waals surface area (Å²) >= 11 is 0. The molecule has 4 rings (SSSR count). The summed E-state index contributed by atoms with van der Waals surface area (Å²) in [4.78, 5) is 0. The molecule has 4 aliphatic carbocycles. The van der Waals surface area contributed by atoms with Crippen LogP contribution >= 0.6 is 0 Å². The number of aliphatic hydroxyl groups excluding tert-OH is 2. The fourth-order valence-corrected chi connectivity index (χ4v) is 4.97. The van der Waals surface area contributed by atoms with Crippen LogP contribution in [0, 0.1) is 35.5 Å². The van der Waals surface area contributed by atoms with Gasteiger partial charge in [-0.25, -0.2) is 0 Å². The van der Waals surface area contributed by atoms with Crippen LogP contribution in [0.2, 0.25) is 0 Å². The predicted molar refractivity (Wildman–Crippen MR) is 51.3 cm³/mol. The minimum absolute atomic E-state index is 0.403. The molecule has 0 heterocycles. The Bertz CT molecular complexity index is 283. The van der Waals surface area contributed by atoms with Crippen LogP contribution < -0.4 is 0 Å². The van der Waals surface area contributed by atoms with Crippen molar-refractivity contribution in [1.29, 1.82) is 0 Å². The summed E-state index contributed by atoms with van der Waals surface area (Å²) in [6.45, 7) is 0. The van der Waals surface area contributed by atoms with E-state index in [0.29, 0.717) is 23.7 Å². The number of aliphatic hydroxyl groups is 2. The molecule has 0 radical (unpaired) electrons. The highest BCUT2D eigenvalue weighted by Crippen LogP contribution is 2.65. The van der Waals surface area contributed by atoms with Gasteiger partial charge in [-0.05, 0) is 48.3 Å². The van der Waals surface area contributed by atoms with E-state index in [4.69, 9.17) is 0 Å². The highest BCUT2D eigenvalue weighted by Gasteiger charge is 2.64. The Labute approximate surface area is 83.6 Å². The molecule has 0 saturated heterocycles. The maximum Gasteiger partial charge on any atom is 0.0833 e. The second-order valence-electron chi connectivity index (χ2n) is 5.65. The average Bonchev–Trinajstić information content (AvgIpc) is 2.87. The average molecular weight is 192 g/mol. The van der Waals surface area contributed by atoms with E-state index in [1.54, 1.807) is 0 Å². The SMILES string of the molecule is OC1C(O)C2CC1C1C3C=CC(C3)C21. The molecule has 0 spiro atoms. The molecule has 0 aromatic heterocycles.